The second kappa shape index (κ2) is 7.04. The summed E-state index contributed by atoms with van der Waals surface area (Å²) in [5.41, 5.74) is 8.21. The number of fused-ring (bicyclic) bond motifs is 1. The maximum absolute atomic E-state index is 13.8. The normalized spacial score (nSPS) is 17.0. The van der Waals surface area contributed by atoms with Crippen LogP contribution in [0.25, 0.3) is 0 Å². The van der Waals surface area contributed by atoms with Crippen LogP contribution in [-0.4, -0.2) is 8.42 Å². The number of benzene rings is 2. The monoisotopic (exact) mass is 374 g/mol. The van der Waals surface area contributed by atoms with Crippen LogP contribution < -0.4 is 10.5 Å². The molecule has 3 rings (SSSR count). The minimum absolute atomic E-state index is 0. The highest BCUT2D eigenvalue weighted by Gasteiger charge is 2.27. The molecule has 0 aromatic heterocycles. The van der Waals surface area contributed by atoms with Gasteiger partial charge in [0, 0.05) is 17.8 Å². The van der Waals surface area contributed by atoms with Crippen LogP contribution in [0, 0.1) is 11.6 Å². The lowest BCUT2D eigenvalue weighted by atomic mass is 9.88. The second-order valence-electron chi connectivity index (χ2n) is 5.60. The van der Waals surface area contributed by atoms with Crippen molar-refractivity contribution in [2.24, 2.45) is 0 Å². The minimum Gasteiger partial charge on any atom is -0.399 e. The number of sulfonamides is 1. The first-order chi connectivity index (χ1) is 10.9. The van der Waals surface area contributed by atoms with Gasteiger partial charge in [0.15, 0.2) is 0 Å². The summed E-state index contributed by atoms with van der Waals surface area (Å²) in [6, 6.07) is 7.29. The predicted molar refractivity (Wildman–Crippen MR) is 90.5 cm³/mol. The van der Waals surface area contributed by atoms with E-state index in [2.05, 4.69) is 4.72 Å². The fourth-order valence-electron chi connectivity index (χ4n) is 2.90. The molecule has 0 saturated heterocycles. The Morgan fingerprint density at radius 1 is 1.12 bits per heavy atom. The summed E-state index contributed by atoms with van der Waals surface area (Å²) in [6.45, 7) is 0. The van der Waals surface area contributed by atoms with Crippen molar-refractivity contribution < 1.29 is 17.2 Å². The van der Waals surface area contributed by atoms with Gasteiger partial charge in [-0.1, -0.05) is 6.07 Å². The van der Waals surface area contributed by atoms with E-state index in [1.165, 1.54) is 0 Å². The Morgan fingerprint density at radius 2 is 1.88 bits per heavy atom. The first-order valence-electron chi connectivity index (χ1n) is 7.22. The Balaban J connectivity index is 0.00000208. The Labute approximate surface area is 145 Å². The molecule has 0 radical (unpaired) electrons. The van der Waals surface area contributed by atoms with Gasteiger partial charge in [-0.05, 0) is 54.7 Å². The lowest BCUT2D eigenvalue weighted by Gasteiger charge is -2.26. The summed E-state index contributed by atoms with van der Waals surface area (Å²) in [6.07, 6.45) is 2.23. The van der Waals surface area contributed by atoms with E-state index in [0.29, 0.717) is 18.2 Å². The van der Waals surface area contributed by atoms with Crippen molar-refractivity contribution in [2.45, 2.75) is 30.2 Å². The molecule has 130 valence electrons. The van der Waals surface area contributed by atoms with E-state index in [0.717, 1.165) is 36.1 Å². The predicted octanol–water partition coefficient (Wildman–Crippen LogP) is 3.32. The van der Waals surface area contributed by atoms with Crippen LogP contribution in [0.2, 0.25) is 0 Å². The Morgan fingerprint density at radius 3 is 2.58 bits per heavy atom. The lowest BCUT2D eigenvalue weighted by Crippen LogP contribution is -2.31. The Kier molecular flexibility index (Phi) is 5.47. The van der Waals surface area contributed by atoms with Gasteiger partial charge in [0.2, 0.25) is 10.0 Å². The van der Waals surface area contributed by atoms with Gasteiger partial charge in [0.1, 0.15) is 16.5 Å². The van der Waals surface area contributed by atoms with E-state index in [1.54, 1.807) is 12.1 Å². The molecule has 1 aliphatic carbocycles. The average Bonchev–Trinajstić information content (AvgIpc) is 2.46. The summed E-state index contributed by atoms with van der Waals surface area (Å²) in [5.74, 6) is -1.93. The van der Waals surface area contributed by atoms with Crippen LogP contribution in [0.5, 0.6) is 0 Å². The zero-order valence-corrected chi connectivity index (χ0v) is 14.3. The SMILES string of the molecule is Cl.Nc1ccc2c(c1)CCCC2NS(=O)(=O)c1ccc(F)cc1F. The number of nitrogen functional groups attached to an aromatic ring is 1. The fraction of sp³-hybridized carbons (Fsp3) is 0.250. The maximum atomic E-state index is 13.8. The van der Waals surface area contributed by atoms with Crippen LogP contribution in [0.3, 0.4) is 0 Å². The number of anilines is 1. The first-order valence-corrected chi connectivity index (χ1v) is 8.71. The van der Waals surface area contributed by atoms with E-state index < -0.39 is 32.6 Å². The molecular formula is C16H17ClF2N2O2S. The van der Waals surface area contributed by atoms with Crippen molar-refractivity contribution in [3.8, 4) is 0 Å². The zero-order valence-electron chi connectivity index (χ0n) is 12.6. The highest BCUT2D eigenvalue weighted by atomic mass is 35.5. The smallest absolute Gasteiger partial charge is 0.244 e. The summed E-state index contributed by atoms with van der Waals surface area (Å²) in [7, 11) is -4.08. The molecule has 2 aromatic carbocycles. The summed E-state index contributed by atoms with van der Waals surface area (Å²) >= 11 is 0. The van der Waals surface area contributed by atoms with Crippen molar-refractivity contribution in [3.05, 3.63) is 59.2 Å². The summed E-state index contributed by atoms with van der Waals surface area (Å²) in [5, 5.41) is 0. The largest absolute Gasteiger partial charge is 0.399 e. The van der Waals surface area contributed by atoms with Gasteiger partial charge >= 0.3 is 0 Å². The van der Waals surface area contributed by atoms with Crippen LogP contribution in [0.4, 0.5) is 14.5 Å². The van der Waals surface area contributed by atoms with E-state index >= 15 is 0 Å². The highest BCUT2D eigenvalue weighted by Crippen LogP contribution is 2.32. The molecule has 0 saturated carbocycles. The van der Waals surface area contributed by atoms with Gasteiger partial charge in [0.25, 0.3) is 0 Å². The third kappa shape index (κ3) is 3.68. The minimum atomic E-state index is -4.08. The van der Waals surface area contributed by atoms with Gasteiger partial charge in [-0.25, -0.2) is 21.9 Å². The number of halogens is 3. The van der Waals surface area contributed by atoms with Crippen molar-refractivity contribution in [1.29, 1.82) is 0 Å². The number of hydrogen-bond donors (Lipinski definition) is 2. The van der Waals surface area contributed by atoms with E-state index in [4.69, 9.17) is 5.73 Å². The Hall–Kier alpha value is -1.70. The quantitative estimate of drug-likeness (QED) is 0.809. The molecule has 3 N–H and O–H groups in total. The third-order valence-corrected chi connectivity index (χ3v) is 5.47. The van der Waals surface area contributed by atoms with Crippen molar-refractivity contribution in [3.63, 3.8) is 0 Å². The van der Waals surface area contributed by atoms with Crippen molar-refractivity contribution >= 4 is 28.1 Å². The molecule has 0 amide bonds. The Bertz CT molecular complexity index is 859. The molecular weight excluding hydrogens is 358 g/mol. The summed E-state index contributed by atoms with van der Waals surface area (Å²) in [4.78, 5) is -0.554. The number of rotatable bonds is 3. The molecule has 8 heteroatoms. The van der Waals surface area contributed by atoms with Gasteiger partial charge in [-0.3, -0.25) is 0 Å². The second-order valence-corrected chi connectivity index (χ2v) is 7.28. The molecule has 1 atom stereocenters. The maximum Gasteiger partial charge on any atom is 0.244 e. The molecule has 2 aromatic rings. The van der Waals surface area contributed by atoms with Gasteiger partial charge < -0.3 is 5.73 Å². The first kappa shape index (κ1) is 18.6. The molecule has 0 fully saturated rings. The van der Waals surface area contributed by atoms with Gasteiger partial charge in [-0.15, -0.1) is 12.4 Å². The number of aryl methyl sites for hydroxylation is 1. The highest BCUT2D eigenvalue weighted by molar-refractivity contribution is 7.89. The molecule has 4 nitrogen and oxygen atoms in total. The van der Waals surface area contributed by atoms with Crippen LogP contribution >= 0.6 is 12.4 Å². The summed E-state index contributed by atoms with van der Waals surface area (Å²) < 4.78 is 54.1. The third-order valence-electron chi connectivity index (χ3n) is 3.96. The van der Waals surface area contributed by atoms with E-state index in [-0.39, 0.29) is 12.4 Å². The topological polar surface area (TPSA) is 72.2 Å². The zero-order chi connectivity index (χ0) is 16.6. The van der Waals surface area contributed by atoms with Gasteiger partial charge in [0.05, 0.1) is 0 Å². The standard InChI is InChI=1S/C16H16F2N2O2S.ClH/c17-11-4-7-16(14(18)9-11)23(21,22)20-15-3-1-2-10-8-12(19)5-6-13(10)15;/h4-9,15,20H,1-3,19H2;1H. The molecule has 0 heterocycles. The lowest BCUT2D eigenvalue weighted by molar-refractivity contribution is 0.500. The molecule has 24 heavy (non-hydrogen) atoms. The van der Waals surface area contributed by atoms with E-state index in [1.807, 2.05) is 6.07 Å². The van der Waals surface area contributed by atoms with Crippen LogP contribution in [-0.2, 0) is 16.4 Å². The van der Waals surface area contributed by atoms with Crippen LogP contribution in [0.15, 0.2) is 41.3 Å². The molecule has 0 bridgehead atoms. The fourth-order valence-corrected chi connectivity index (χ4v) is 4.21. The molecule has 0 spiro atoms. The van der Waals surface area contributed by atoms with Gasteiger partial charge in [-0.2, -0.15) is 0 Å². The molecule has 1 aliphatic rings. The average molecular weight is 375 g/mol. The molecule has 1 unspecified atom stereocenters. The number of hydrogen-bond acceptors (Lipinski definition) is 3. The van der Waals surface area contributed by atoms with Crippen molar-refractivity contribution in [2.75, 3.05) is 5.73 Å². The number of nitrogens with one attached hydrogen (secondary N) is 1. The van der Waals surface area contributed by atoms with Crippen LogP contribution in [0.1, 0.15) is 30.0 Å². The van der Waals surface area contributed by atoms with E-state index in [9.17, 15) is 17.2 Å². The van der Waals surface area contributed by atoms with Crippen molar-refractivity contribution in [1.82, 2.24) is 4.72 Å². The molecule has 0 aliphatic heterocycles. The number of nitrogens with two attached hydrogens (primary N) is 1.